The van der Waals surface area contributed by atoms with Crippen molar-refractivity contribution in [3.8, 4) is 28.2 Å². The molecule has 0 spiro atoms. The Morgan fingerprint density at radius 3 is 2.62 bits per heavy atom. The van der Waals surface area contributed by atoms with Crippen molar-refractivity contribution in [2.75, 3.05) is 5.73 Å². The van der Waals surface area contributed by atoms with Gasteiger partial charge >= 0.3 is 0 Å². The average Bonchev–Trinajstić information content (AvgIpc) is 3.36. The van der Waals surface area contributed by atoms with Gasteiger partial charge in [-0.05, 0) is 48.0 Å². The highest BCUT2D eigenvalue weighted by Crippen LogP contribution is 2.33. The van der Waals surface area contributed by atoms with Crippen LogP contribution in [-0.2, 0) is 0 Å². The predicted molar refractivity (Wildman–Crippen MR) is 101 cm³/mol. The van der Waals surface area contributed by atoms with Crippen LogP contribution in [0.4, 0.5) is 14.6 Å². The number of benzene rings is 1. The van der Waals surface area contributed by atoms with Crippen LogP contribution in [0.1, 0.15) is 0 Å². The van der Waals surface area contributed by atoms with Crippen LogP contribution in [0.15, 0.2) is 61.2 Å². The standard InChI is InChI=1S/C19H12F2N8/c20-14-2-1-12(7-15(14)21)19-13(11-5-6-23-16(22)8-11)9-28(27-19)18-4-3-17-25-24-10-29(17)26-18/h1-10H,(H2,22,23). The molecule has 4 heterocycles. The van der Waals surface area contributed by atoms with E-state index in [-0.39, 0.29) is 0 Å². The lowest BCUT2D eigenvalue weighted by Gasteiger charge is -2.04. The fraction of sp³-hybridized carbons (Fsp3) is 0. The number of nitrogens with zero attached hydrogens (tertiary/aromatic N) is 7. The first-order valence-corrected chi connectivity index (χ1v) is 8.53. The number of aromatic nitrogens is 7. The molecule has 8 nitrogen and oxygen atoms in total. The maximum absolute atomic E-state index is 13.9. The van der Waals surface area contributed by atoms with E-state index in [0.29, 0.717) is 34.1 Å². The van der Waals surface area contributed by atoms with Crippen molar-refractivity contribution < 1.29 is 8.78 Å². The van der Waals surface area contributed by atoms with Gasteiger partial charge in [-0.2, -0.15) is 9.61 Å². The highest BCUT2D eigenvalue weighted by atomic mass is 19.2. The Balaban J connectivity index is 1.72. The molecule has 0 radical (unpaired) electrons. The maximum Gasteiger partial charge on any atom is 0.177 e. The number of fused-ring (bicyclic) bond motifs is 1. The third-order valence-electron chi connectivity index (χ3n) is 4.38. The molecule has 5 rings (SSSR count). The highest BCUT2D eigenvalue weighted by molar-refractivity contribution is 5.81. The summed E-state index contributed by atoms with van der Waals surface area (Å²) in [6.07, 6.45) is 4.78. The molecule has 4 aromatic heterocycles. The van der Waals surface area contributed by atoms with Gasteiger partial charge in [0, 0.05) is 23.5 Å². The molecule has 0 aliphatic rings. The summed E-state index contributed by atoms with van der Waals surface area (Å²) in [4.78, 5) is 4.00. The minimum Gasteiger partial charge on any atom is -0.384 e. The average molecular weight is 390 g/mol. The lowest BCUT2D eigenvalue weighted by Crippen LogP contribution is -2.02. The molecule has 10 heteroatoms. The number of hydrogen-bond acceptors (Lipinski definition) is 6. The molecule has 2 N–H and O–H groups in total. The fourth-order valence-electron chi connectivity index (χ4n) is 3.02. The summed E-state index contributed by atoms with van der Waals surface area (Å²) in [6.45, 7) is 0. The predicted octanol–water partition coefficient (Wildman–Crippen LogP) is 2.90. The van der Waals surface area contributed by atoms with E-state index in [1.54, 1.807) is 41.3 Å². The van der Waals surface area contributed by atoms with Crippen LogP contribution >= 0.6 is 0 Å². The number of nitrogens with two attached hydrogens (primary N) is 1. The van der Waals surface area contributed by atoms with E-state index in [9.17, 15) is 8.78 Å². The summed E-state index contributed by atoms with van der Waals surface area (Å²) in [7, 11) is 0. The molecule has 0 aliphatic heterocycles. The van der Waals surface area contributed by atoms with Crippen molar-refractivity contribution in [2.45, 2.75) is 0 Å². The van der Waals surface area contributed by atoms with Crippen molar-refractivity contribution >= 4 is 11.5 Å². The Labute approximate surface area is 162 Å². The van der Waals surface area contributed by atoms with Crippen LogP contribution in [0.5, 0.6) is 0 Å². The Hall–Kier alpha value is -4.21. The van der Waals surface area contributed by atoms with Crippen molar-refractivity contribution in [3.05, 3.63) is 72.8 Å². The van der Waals surface area contributed by atoms with Gasteiger partial charge in [0.2, 0.25) is 0 Å². The van der Waals surface area contributed by atoms with Crippen LogP contribution in [0.2, 0.25) is 0 Å². The molecule has 0 fully saturated rings. The molecule has 29 heavy (non-hydrogen) atoms. The van der Waals surface area contributed by atoms with E-state index < -0.39 is 11.6 Å². The minimum atomic E-state index is -0.957. The SMILES string of the molecule is Nc1cc(-c2cn(-c3ccc4nncn4n3)nc2-c2ccc(F)c(F)c2)ccn1. The monoisotopic (exact) mass is 390 g/mol. The molecule has 1 aromatic carbocycles. The van der Waals surface area contributed by atoms with Crippen molar-refractivity contribution in [3.63, 3.8) is 0 Å². The zero-order valence-corrected chi connectivity index (χ0v) is 14.7. The summed E-state index contributed by atoms with van der Waals surface area (Å²) in [5.74, 6) is -1.06. The van der Waals surface area contributed by atoms with Gasteiger partial charge in [-0.15, -0.1) is 15.3 Å². The summed E-state index contributed by atoms with van der Waals surface area (Å²) < 4.78 is 30.3. The van der Waals surface area contributed by atoms with E-state index in [1.165, 1.54) is 16.9 Å². The molecule has 0 bridgehead atoms. The van der Waals surface area contributed by atoms with Crippen LogP contribution in [0, 0.1) is 11.6 Å². The van der Waals surface area contributed by atoms with Gasteiger partial charge in [-0.25, -0.2) is 18.4 Å². The molecule has 0 unspecified atom stereocenters. The van der Waals surface area contributed by atoms with Gasteiger partial charge in [-0.1, -0.05) is 0 Å². The normalized spacial score (nSPS) is 11.2. The Kier molecular flexibility index (Phi) is 3.76. The molecule has 0 amide bonds. The second-order valence-electron chi connectivity index (χ2n) is 6.26. The molecule has 0 saturated carbocycles. The van der Waals surface area contributed by atoms with Gasteiger partial charge < -0.3 is 5.73 Å². The third kappa shape index (κ3) is 2.96. The second kappa shape index (κ2) is 6.44. The molecular weight excluding hydrogens is 378 g/mol. The van der Waals surface area contributed by atoms with Gasteiger partial charge in [0.25, 0.3) is 0 Å². The lowest BCUT2D eigenvalue weighted by molar-refractivity contribution is 0.509. The van der Waals surface area contributed by atoms with E-state index in [1.807, 2.05) is 0 Å². The van der Waals surface area contributed by atoms with E-state index >= 15 is 0 Å². The molecule has 142 valence electrons. The first-order valence-electron chi connectivity index (χ1n) is 8.53. The minimum absolute atomic E-state index is 0.329. The number of halogens is 2. The van der Waals surface area contributed by atoms with Crippen molar-refractivity contribution in [1.82, 2.24) is 34.6 Å². The maximum atomic E-state index is 13.9. The quantitative estimate of drug-likeness (QED) is 0.508. The Morgan fingerprint density at radius 1 is 0.897 bits per heavy atom. The number of hydrogen-bond donors (Lipinski definition) is 1. The second-order valence-corrected chi connectivity index (χ2v) is 6.26. The zero-order valence-electron chi connectivity index (χ0n) is 14.7. The topological polar surface area (TPSA) is 99.8 Å². The largest absolute Gasteiger partial charge is 0.384 e. The number of rotatable bonds is 3. The number of nitrogen functional groups attached to an aromatic ring is 1. The molecule has 0 saturated heterocycles. The first-order chi connectivity index (χ1) is 14.1. The summed E-state index contributed by atoms with van der Waals surface area (Å²) in [5, 5.41) is 16.7. The number of anilines is 1. The van der Waals surface area contributed by atoms with Crippen LogP contribution in [0.25, 0.3) is 33.8 Å². The van der Waals surface area contributed by atoms with Gasteiger partial charge in [0.1, 0.15) is 17.8 Å². The van der Waals surface area contributed by atoms with Crippen LogP contribution in [0.3, 0.4) is 0 Å². The van der Waals surface area contributed by atoms with Gasteiger partial charge in [-0.3, -0.25) is 0 Å². The van der Waals surface area contributed by atoms with Crippen LogP contribution in [-0.4, -0.2) is 34.6 Å². The highest BCUT2D eigenvalue weighted by Gasteiger charge is 2.17. The molecule has 0 atom stereocenters. The van der Waals surface area contributed by atoms with E-state index in [0.717, 1.165) is 17.7 Å². The molecule has 5 aromatic rings. The smallest absolute Gasteiger partial charge is 0.177 e. The summed E-state index contributed by atoms with van der Waals surface area (Å²) in [6, 6.07) is 10.6. The Bertz CT molecular complexity index is 1360. The summed E-state index contributed by atoms with van der Waals surface area (Å²) in [5.41, 5.74) is 8.66. The zero-order chi connectivity index (χ0) is 20.0. The van der Waals surface area contributed by atoms with E-state index in [2.05, 4.69) is 25.4 Å². The third-order valence-corrected chi connectivity index (χ3v) is 4.38. The molecule has 0 aliphatic carbocycles. The summed E-state index contributed by atoms with van der Waals surface area (Å²) >= 11 is 0. The first kappa shape index (κ1) is 16.9. The van der Waals surface area contributed by atoms with Crippen LogP contribution < -0.4 is 5.73 Å². The Morgan fingerprint density at radius 2 is 1.79 bits per heavy atom. The van der Waals surface area contributed by atoms with Gasteiger partial charge in [0.15, 0.2) is 23.1 Å². The number of pyridine rings is 1. The van der Waals surface area contributed by atoms with E-state index in [4.69, 9.17) is 5.73 Å². The van der Waals surface area contributed by atoms with Gasteiger partial charge in [0.05, 0.1) is 0 Å². The molecular formula is C19H12F2N8. The fourth-order valence-corrected chi connectivity index (χ4v) is 3.02. The van der Waals surface area contributed by atoms with Crippen molar-refractivity contribution in [1.29, 1.82) is 0 Å². The van der Waals surface area contributed by atoms with Crippen molar-refractivity contribution in [2.24, 2.45) is 0 Å². The lowest BCUT2D eigenvalue weighted by atomic mass is 10.0.